The zero-order valence-electron chi connectivity index (χ0n) is 15.0. The van der Waals surface area contributed by atoms with Gasteiger partial charge >= 0.3 is 0 Å². The van der Waals surface area contributed by atoms with Crippen molar-refractivity contribution < 1.29 is 23.8 Å². The lowest BCUT2D eigenvalue weighted by atomic mass is 9.77. The molecule has 2 aromatic rings. The quantitative estimate of drug-likeness (QED) is 0.806. The normalized spacial score (nSPS) is 21.3. The lowest BCUT2D eigenvalue weighted by molar-refractivity contribution is -0.130. The van der Waals surface area contributed by atoms with Gasteiger partial charge in [0.25, 0.3) is 0 Å². The van der Waals surface area contributed by atoms with Crippen LogP contribution >= 0.6 is 0 Å². The Hall–Kier alpha value is -3.22. The number of rotatable bonds is 2. The van der Waals surface area contributed by atoms with Crippen molar-refractivity contribution in [3.8, 4) is 17.2 Å². The lowest BCUT2D eigenvalue weighted by Crippen LogP contribution is -2.46. The zero-order chi connectivity index (χ0) is 18.8. The Morgan fingerprint density at radius 2 is 1.81 bits per heavy atom. The van der Waals surface area contributed by atoms with E-state index in [-0.39, 0.29) is 31.8 Å². The highest BCUT2D eigenvalue weighted by Gasteiger charge is 2.57. The van der Waals surface area contributed by atoms with Gasteiger partial charge in [-0.05, 0) is 17.7 Å². The van der Waals surface area contributed by atoms with E-state index in [1.54, 1.807) is 25.1 Å². The molecule has 0 aliphatic carbocycles. The van der Waals surface area contributed by atoms with Crippen LogP contribution in [0.15, 0.2) is 36.4 Å². The summed E-state index contributed by atoms with van der Waals surface area (Å²) < 4.78 is 16.8. The first-order valence-corrected chi connectivity index (χ1v) is 8.71. The average Bonchev–Trinajstić information content (AvgIpc) is 3.33. The van der Waals surface area contributed by atoms with Crippen LogP contribution in [0.1, 0.15) is 11.1 Å². The summed E-state index contributed by atoms with van der Waals surface area (Å²) >= 11 is 0. The number of hydrogen-bond acceptors (Lipinski definition) is 5. The SMILES string of the molecule is CN(C)C(=O)CN1C(=O)C2(COc3cc4c(cc32)OCO4)c2ccccc21. The van der Waals surface area contributed by atoms with Gasteiger partial charge in [-0.15, -0.1) is 0 Å². The minimum absolute atomic E-state index is 0.00944. The summed E-state index contributed by atoms with van der Waals surface area (Å²) in [6.45, 7) is 0.331. The molecule has 5 rings (SSSR count). The van der Waals surface area contributed by atoms with Gasteiger partial charge in [0, 0.05) is 31.4 Å². The van der Waals surface area contributed by atoms with Gasteiger partial charge in [-0.3, -0.25) is 9.59 Å². The van der Waals surface area contributed by atoms with Gasteiger partial charge < -0.3 is 24.0 Å². The van der Waals surface area contributed by atoms with E-state index in [1.807, 2.05) is 30.3 Å². The first-order valence-electron chi connectivity index (χ1n) is 8.71. The molecule has 2 amide bonds. The Labute approximate surface area is 156 Å². The van der Waals surface area contributed by atoms with Crippen molar-refractivity contribution in [2.45, 2.75) is 5.41 Å². The van der Waals surface area contributed by atoms with E-state index in [9.17, 15) is 9.59 Å². The van der Waals surface area contributed by atoms with E-state index >= 15 is 0 Å². The molecule has 0 N–H and O–H groups in total. The van der Waals surface area contributed by atoms with E-state index in [2.05, 4.69) is 0 Å². The lowest BCUT2D eigenvalue weighted by Gasteiger charge is -2.23. The zero-order valence-corrected chi connectivity index (χ0v) is 15.0. The molecule has 27 heavy (non-hydrogen) atoms. The maximum atomic E-state index is 13.6. The predicted molar refractivity (Wildman–Crippen MR) is 96.3 cm³/mol. The molecule has 3 aliphatic heterocycles. The van der Waals surface area contributed by atoms with Crippen LogP contribution < -0.4 is 19.1 Å². The molecule has 0 saturated carbocycles. The Balaban J connectivity index is 1.67. The van der Waals surface area contributed by atoms with Gasteiger partial charge in [-0.2, -0.15) is 0 Å². The number of carbonyl (C=O) groups excluding carboxylic acids is 2. The number of fused-ring (bicyclic) bond motifs is 5. The highest BCUT2D eigenvalue weighted by Crippen LogP contribution is 2.54. The van der Waals surface area contributed by atoms with E-state index in [1.165, 1.54) is 4.90 Å². The number of carbonyl (C=O) groups is 2. The summed E-state index contributed by atoms with van der Waals surface area (Å²) in [5.74, 6) is 1.54. The Kier molecular flexibility index (Phi) is 3.19. The van der Waals surface area contributed by atoms with Crippen molar-refractivity contribution in [1.82, 2.24) is 4.90 Å². The topological polar surface area (TPSA) is 68.3 Å². The summed E-state index contributed by atoms with van der Waals surface area (Å²) in [6.07, 6.45) is 0. The van der Waals surface area contributed by atoms with Crippen LogP contribution in [0.3, 0.4) is 0 Å². The molecule has 138 valence electrons. The third-order valence-electron chi connectivity index (χ3n) is 5.44. The molecule has 0 fully saturated rings. The first kappa shape index (κ1) is 16.0. The molecule has 7 heteroatoms. The van der Waals surface area contributed by atoms with Crippen molar-refractivity contribution >= 4 is 17.5 Å². The number of amides is 2. The molecule has 2 aromatic carbocycles. The van der Waals surface area contributed by atoms with Crippen LogP contribution in [0.4, 0.5) is 5.69 Å². The molecule has 0 saturated heterocycles. The second kappa shape index (κ2) is 5.39. The Morgan fingerprint density at radius 1 is 1.07 bits per heavy atom. The predicted octanol–water partition coefficient (Wildman–Crippen LogP) is 1.53. The minimum Gasteiger partial charge on any atom is -0.491 e. The van der Waals surface area contributed by atoms with E-state index in [0.717, 1.165) is 16.8 Å². The summed E-state index contributed by atoms with van der Waals surface area (Å²) in [4.78, 5) is 29.0. The molecule has 0 radical (unpaired) electrons. The smallest absolute Gasteiger partial charge is 0.246 e. The van der Waals surface area contributed by atoms with Crippen molar-refractivity contribution in [2.24, 2.45) is 0 Å². The Morgan fingerprint density at radius 3 is 2.59 bits per heavy atom. The average molecular weight is 366 g/mol. The summed E-state index contributed by atoms with van der Waals surface area (Å²) in [5.41, 5.74) is 1.37. The summed E-state index contributed by atoms with van der Waals surface area (Å²) in [6, 6.07) is 11.2. The third kappa shape index (κ3) is 2.02. The number of hydrogen-bond donors (Lipinski definition) is 0. The molecule has 1 unspecified atom stereocenters. The van der Waals surface area contributed by atoms with Crippen LogP contribution in [0.2, 0.25) is 0 Å². The van der Waals surface area contributed by atoms with Crippen molar-refractivity contribution in [1.29, 1.82) is 0 Å². The molecular formula is C20H18N2O5. The van der Waals surface area contributed by atoms with Crippen LogP contribution in [0.25, 0.3) is 0 Å². The fourth-order valence-corrected chi connectivity index (χ4v) is 4.00. The number of likely N-dealkylation sites (N-methyl/N-ethyl adjacent to an activating group) is 1. The third-order valence-corrected chi connectivity index (χ3v) is 5.44. The van der Waals surface area contributed by atoms with E-state index in [4.69, 9.17) is 14.2 Å². The van der Waals surface area contributed by atoms with Gasteiger partial charge in [0.05, 0.1) is 0 Å². The van der Waals surface area contributed by atoms with Gasteiger partial charge in [0.15, 0.2) is 11.5 Å². The molecule has 1 atom stereocenters. The van der Waals surface area contributed by atoms with Gasteiger partial charge in [0.2, 0.25) is 18.6 Å². The van der Waals surface area contributed by atoms with Crippen LogP contribution in [0, 0.1) is 0 Å². The number of benzene rings is 2. The van der Waals surface area contributed by atoms with Crippen molar-refractivity contribution in [2.75, 3.05) is 38.9 Å². The van der Waals surface area contributed by atoms with E-state index in [0.29, 0.717) is 17.2 Å². The standard InChI is InChI=1S/C20H18N2O5/c1-21(2)18(23)9-22-14-6-4-3-5-12(14)20(19(22)24)10-25-15-8-17-16(7-13(15)20)26-11-27-17/h3-8H,9-11H2,1-2H3. The molecule has 0 aromatic heterocycles. The van der Waals surface area contributed by atoms with Crippen LogP contribution in [-0.4, -0.2) is 50.8 Å². The molecule has 7 nitrogen and oxygen atoms in total. The fraction of sp³-hybridized carbons (Fsp3) is 0.300. The van der Waals surface area contributed by atoms with Crippen molar-refractivity contribution in [3.63, 3.8) is 0 Å². The van der Waals surface area contributed by atoms with Crippen molar-refractivity contribution in [3.05, 3.63) is 47.5 Å². The van der Waals surface area contributed by atoms with Gasteiger partial charge in [0.1, 0.15) is 24.3 Å². The highest BCUT2D eigenvalue weighted by molar-refractivity contribution is 6.13. The molecule has 3 aliphatic rings. The number of anilines is 1. The summed E-state index contributed by atoms with van der Waals surface area (Å²) in [7, 11) is 3.36. The van der Waals surface area contributed by atoms with Gasteiger partial charge in [-0.1, -0.05) is 18.2 Å². The molecule has 0 bridgehead atoms. The second-order valence-corrected chi connectivity index (χ2v) is 7.09. The summed E-state index contributed by atoms with van der Waals surface area (Å²) in [5, 5.41) is 0. The maximum absolute atomic E-state index is 13.6. The largest absolute Gasteiger partial charge is 0.491 e. The molecule has 3 heterocycles. The number of nitrogens with zero attached hydrogens (tertiary/aromatic N) is 2. The van der Waals surface area contributed by atoms with Crippen LogP contribution in [-0.2, 0) is 15.0 Å². The highest BCUT2D eigenvalue weighted by atomic mass is 16.7. The number of ether oxygens (including phenoxy) is 3. The maximum Gasteiger partial charge on any atom is 0.246 e. The second-order valence-electron chi connectivity index (χ2n) is 7.09. The minimum atomic E-state index is -0.973. The fourth-order valence-electron chi connectivity index (χ4n) is 4.00. The number of para-hydroxylation sites is 1. The Bertz CT molecular complexity index is 986. The molecular weight excluding hydrogens is 348 g/mol. The van der Waals surface area contributed by atoms with E-state index < -0.39 is 5.41 Å². The monoisotopic (exact) mass is 366 g/mol. The van der Waals surface area contributed by atoms with Gasteiger partial charge in [-0.25, -0.2) is 0 Å². The molecule has 1 spiro atoms. The van der Waals surface area contributed by atoms with Crippen LogP contribution in [0.5, 0.6) is 17.2 Å². The first-order chi connectivity index (χ1) is 13.0.